The van der Waals surface area contributed by atoms with E-state index in [0.717, 1.165) is 54.2 Å². The lowest BCUT2D eigenvalue weighted by molar-refractivity contribution is 0.644. The summed E-state index contributed by atoms with van der Waals surface area (Å²) in [5.74, 6) is 0.703. The van der Waals surface area contributed by atoms with Gasteiger partial charge in [-0.1, -0.05) is 12.6 Å². The van der Waals surface area contributed by atoms with Crippen LogP contribution in [0.25, 0.3) is 5.57 Å². The van der Waals surface area contributed by atoms with Crippen LogP contribution in [0.3, 0.4) is 0 Å². The second kappa shape index (κ2) is 8.41. The molecule has 0 unspecified atom stereocenters. The molecule has 0 saturated carbocycles. The number of rotatable bonds is 4. The third-order valence-electron chi connectivity index (χ3n) is 5.16. The Bertz CT molecular complexity index is 1050. The van der Waals surface area contributed by atoms with Gasteiger partial charge in [0.15, 0.2) is 5.84 Å². The number of nitrogens with one attached hydrogen (secondary N) is 2. The van der Waals surface area contributed by atoms with E-state index in [1.807, 2.05) is 36.3 Å². The molecule has 1 aromatic carbocycles. The summed E-state index contributed by atoms with van der Waals surface area (Å²) in [7, 11) is 0. The minimum Gasteiger partial charge on any atom is -0.338 e. The maximum atomic E-state index is 4.70. The van der Waals surface area contributed by atoms with Gasteiger partial charge in [0, 0.05) is 42.9 Å². The van der Waals surface area contributed by atoms with Crippen LogP contribution in [0.15, 0.2) is 71.2 Å². The highest BCUT2D eigenvalue weighted by Crippen LogP contribution is 2.20. The molecular formula is C23H26N6. The van der Waals surface area contributed by atoms with Crippen LogP contribution < -0.4 is 10.6 Å². The third-order valence-corrected chi connectivity index (χ3v) is 5.16. The molecule has 0 spiro atoms. The Balaban J connectivity index is 1.57. The summed E-state index contributed by atoms with van der Waals surface area (Å²) >= 11 is 0. The maximum absolute atomic E-state index is 4.70. The smallest absolute Gasteiger partial charge is 0.156 e. The number of amidine groups is 1. The van der Waals surface area contributed by atoms with Crippen molar-refractivity contribution in [3.8, 4) is 0 Å². The highest BCUT2D eigenvalue weighted by Gasteiger charge is 2.16. The fraction of sp³-hybridized carbons (Fsp3) is 0.261. The number of allylic oxidation sites excluding steroid dienone is 2. The zero-order chi connectivity index (χ0) is 20.2. The molecule has 0 bridgehead atoms. The van der Waals surface area contributed by atoms with Gasteiger partial charge >= 0.3 is 0 Å². The number of anilines is 1. The molecule has 0 amide bonds. The van der Waals surface area contributed by atoms with Crippen LogP contribution in [0.5, 0.6) is 0 Å². The van der Waals surface area contributed by atoms with Crippen LogP contribution in [0.1, 0.15) is 30.5 Å². The topological polar surface area (TPSA) is 66.6 Å². The predicted octanol–water partition coefficient (Wildman–Crippen LogP) is 3.94. The molecule has 148 valence electrons. The number of hydrogen-bond donors (Lipinski definition) is 2. The molecule has 2 aliphatic rings. The molecule has 2 aromatic rings. The second-order valence-corrected chi connectivity index (χ2v) is 7.23. The van der Waals surface area contributed by atoms with Gasteiger partial charge in [-0.25, -0.2) is 4.99 Å². The van der Waals surface area contributed by atoms with E-state index in [1.165, 1.54) is 11.1 Å². The summed E-state index contributed by atoms with van der Waals surface area (Å²) in [5.41, 5.74) is 7.41. The van der Waals surface area contributed by atoms with Crippen LogP contribution in [0.2, 0.25) is 0 Å². The molecule has 6 nitrogen and oxygen atoms in total. The SMILES string of the molecule is C=C1C=CN=C(Nc2ccc3c(c2)CNCC3)C1=N/C=C(\C)c1cnn(CC)c1. The predicted molar refractivity (Wildman–Crippen MR) is 120 cm³/mol. The zero-order valence-electron chi connectivity index (χ0n) is 16.9. The first-order valence-electron chi connectivity index (χ1n) is 9.95. The van der Waals surface area contributed by atoms with Crippen molar-refractivity contribution in [3.05, 3.63) is 77.9 Å². The Kier molecular flexibility index (Phi) is 5.53. The lowest BCUT2D eigenvalue weighted by atomic mass is 10.0. The first-order valence-corrected chi connectivity index (χ1v) is 9.95. The molecule has 0 aliphatic carbocycles. The first-order chi connectivity index (χ1) is 14.1. The highest BCUT2D eigenvalue weighted by atomic mass is 15.3. The van der Waals surface area contributed by atoms with Gasteiger partial charge in [0.1, 0.15) is 5.71 Å². The Labute approximate surface area is 171 Å². The maximum Gasteiger partial charge on any atom is 0.156 e. The summed E-state index contributed by atoms with van der Waals surface area (Å²) in [5, 5.41) is 11.2. The number of aromatic nitrogens is 2. The minimum absolute atomic E-state index is 0.703. The molecule has 6 heteroatoms. The molecular weight excluding hydrogens is 360 g/mol. The lowest BCUT2D eigenvalue weighted by Crippen LogP contribution is -2.27. The van der Waals surface area contributed by atoms with E-state index in [1.54, 1.807) is 6.20 Å². The summed E-state index contributed by atoms with van der Waals surface area (Å²) < 4.78 is 1.90. The fourth-order valence-electron chi connectivity index (χ4n) is 3.40. The van der Waals surface area contributed by atoms with Crippen molar-refractivity contribution >= 4 is 22.8 Å². The third kappa shape index (κ3) is 4.27. The van der Waals surface area contributed by atoms with Crippen molar-refractivity contribution in [2.45, 2.75) is 33.4 Å². The molecule has 0 atom stereocenters. The lowest BCUT2D eigenvalue weighted by Gasteiger charge is -2.19. The normalized spacial score (nSPS) is 18.0. The van der Waals surface area contributed by atoms with Gasteiger partial charge in [0.05, 0.1) is 6.20 Å². The Morgan fingerprint density at radius 3 is 3.10 bits per heavy atom. The van der Waals surface area contributed by atoms with Gasteiger partial charge in [-0.2, -0.15) is 5.10 Å². The number of hydrogen-bond acceptors (Lipinski definition) is 5. The van der Waals surface area contributed by atoms with Gasteiger partial charge in [-0.3, -0.25) is 9.67 Å². The standard InChI is InChI=1S/C23H26N6/c1-4-29-15-20(14-27-29)17(3)12-26-22-16(2)7-10-25-23(22)28-21-6-5-18-8-9-24-13-19(18)11-21/h5-7,10-12,14-15,24H,2,4,8-9,13H2,1,3H3,(H,25,28)/b17-12+,26-22?. The van der Waals surface area contributed by atoms with E-state index in [2.05, 4.69) is 52.4 Å². The monoisotopic (exact) mass is 386 g/mol. The van der Waals surface area contributed by atoms with Gasteiger partial charge in [0.25, 0.3) is 0 Å². The quantitative estimate of drug-likeness (QED) is 0.836. The van der Waals surface area contributed by atoms with Crippen LogP contribution in [0.4, 0.5) is 5.69 Å². The fourth-order valence-corrected chi connectivity index (χ4v) is 3.40. The Morgan fingerprint density at radius 2 is 2.28 bits per heavy atom. The summed E-state index contributed by atoms with van der Waals surface area (Å²) in [4.78, 5) is 9.21. The molecule has 3 heterocycles. The van der Waals surface area contributed by atoms with E-state index in [4.69, 9.17) is 4.99 Å². The minimum atomic E-state index is 0.703. The summed E-state index contributed by atoms with van der Waals surface area (Å²) in [6.07, 6.45) is 10.4. The van der Waals surface area contributed by atoms with Crippen molar-refractivity contribution in [2.24, 2.45) is 9.98 Å². The van der Waals surface area contributed by atoms with E-state index in [9.17, 15) is 0 Å². The average Bonchev–Trinajstić information content (AvgIpc) is 3.22. The van der Waals surface area contributed by atoms with Gasteiger partial charge in [-0.05, 0) is 67.3 Å². The molecule has 0 saturated heterocycles. The largest absolute Gasteiger partial charge is 0.338 e. The van der Waals surface area contributed by atoms with Gasteiger partial charge < -0.3 is 10.6 Å². The number of aryl methyl sites for hydroxylation is 1. The van der Waals surface area contributed by atoms with Crippen LogP contribution >= 0.6 is 0 Å². The van der Waals surface area contributed by atoms with E-state index < -0.39 is 0 Å². The number of aliphatic imine (C=N–C) groups is 2. The summed E-state index contributed by atoms with van der Waals surface area (Å²) in [6, 6.07) is 6.48. The van der Waals surface area contributed by atoms with E-state index in [0.29, 0.717) is 5.84 Å². The van der Waals surface area contributed by atoms with Crippen molar-refractivity contribution in [1.29, 1.82) is 0 Å². The number of nitrogens with zero attached hydrogens (tertiary/aromatic N) is 4. The Morgan fingerprint density at radius 1 is 1.38 bits per heavy atom. The summed E-state index contributed by atoms with van der Waals surface area (Å²) in [6.45, 7) is 11.0. The van der Waals surface area contributed by atoms with Gasteiger partial charge in [0.2, 0.25) is 0 Å². The van der Waals surface area contributed by atoms with Crippen molar-refractivity contribution in [2.75, 3.05) is 11.9 Å². The van der Waals surface area contributed by atoms with Crippen LogP contribution in [-0.4, -0.2) is 27.9 Å². The highest BCUT2D eigenvalue weighted by molar-refractivity contribution is 6.52. The molecule has 4 rings (SSSR count). The van der Waals surface area contributed by atoms with Crippen molar-refractivity contribution in [1.82, 2.24) is 15.1 Å². The number of benzene rings is 1. The molecule has 0 radical (unpaired) electrons. The molecule has 29 heavy (non-hydrogen) atoms. The Hall–Kier alpha value is -3.25. The van der Waals surface area contributed by atoms with E-state index in [-0.39, 0.29) is 0 Å². The van der Waals surface area contributed by atoms with Crippen molar-refractivity contribution < 1.29 is 0 Å². The zero-order valence-corrected chi connectivity index (χ0v) is 16.9. The molecule has 0 fully saturated rings. The van der Waals surface area contributed by atoms with E-state index >= 15 is 0 Å². The van der Waals surface area contributed by atoms with Gasteiger partial charge in [-0.15, -0.1) is 0 Å². The molecule has 1 aromatic heterocycles. The van der Waals surface area contributed by atoms with Crippen LogP contribution in [0, 0.1) is 0 Å². The van der Waals surface area contributed by atoms with Crippen LogP contribution in [-0.2, 0) is 19.5 Å². The molecule has 2 aliphatic heterocycles. The number of fused-ring (bicyclic) bond motifs is 1. The second-order valence-electron chi connectivity index (χ2n) is 7.23. The average molecular weight is 387 g/mol. The first kappa shape index (κ1) is 19.1. The molecule has 2 N–H and O–H groups in total. The van der Waals surface area contributed by atoms with Crippen molar-refractivity contribution in [3.63, 3.8) is 0 Å².